The van der Waals surface area contributed by atoms with Crippen molar-refractivity contribution >= 4 is 5.69 Å². The lowest BCUT2D eigenvalue weighted by Crippen LogP contribution is -2.53. The molecular weight excluding hydrogens is 256 g/mol. The monoisotopic (exact) mass is 286 g/mol. The van der Waals surface area contributed by atoms with Crippen LogP contribution in [0.4, 0.5) is 5.69 Å². The fraction of sp³-hybridized carbons (Fsp3) is 0.684. The molecule has 3 heterocycles. The normalized spacial score (nSPS) is 28.4. The highest BCUT2D eigenvalue weighted by Crippen LogP contribution is 2.33. The van der Waals surface area contributed by atoms with Crippen molar-refractivity contribution in [2.75, 3.05) is 25.0 Å². The van der Waals surface area contributed by atoms with Crippen LogP contribution in [0.5, 0.6) is 0 Å². The molecule has 3 aliphatic heterocycles. The van der Waals surface area contributed by atoms with E-state index in [-0.39, 0.29) is 0 Å². The van der Waals surface area contributed by atoms with Crippen molar-refractivity contribution in [2.45, 2.75) is 58.4 Å². The molecule has 3 fully saturated rings. The van der Waals surface area contributed by atoms with E-state index in [4.69, 9.17) is 0 Å². The third-order valence-electron chi connectivity index (χ3n) is 5.36. The van der Waals surface area contributed by atoms with E-state index in [0.717, 1.165) is 5.92 Å². The minimum atomic E-state index is 0.576. The molecule has 1 aromatic carbocycles. The zero-order valence-electron chi connectivity index (χ0n) is 14.0. The van der Waals surface area contributed by atoms with Gasteiger partial charge >= 0.3 is 0 Å². The summed E-state index contributed by atoms with van der Waals surface area (Å²) in [5, 5.41) is 3.89. The summed E-state index contributed by atoms with van der Waals surface area (Å²) in [5.74, 6) is 2.06. The van der Waals surface area contributed by atoms with E-state index in [1.165, 1.54) is 49.3 Å². The molecule has 1 N–H and O–H groups in total. The fourth-order valence-electron chi connectivity index (χ4n) is 3.88. The third-order valence-corrected chi connectivity index (χ3v) is 5.36. The molecule has 0 aliphatic carbocycles. The minimum Gasteiger partial charge on any atom is -0.381 e. The zero-order valence-corrected chi connectivity index (χ0v) is 14.0. The lowest BCUT2D eigenvalue weighted by atomic mass is 9.83. The second-order valence-electron chi connectivity index (χ2n) is 7.54. The Morgan fingerprint density at radius 1 is 1.05 bits per heavy atom. The average Bonchev–Trinajstić information content (AvgIpc) is 2.48. The highest BCUT2D eigenvalue weighted by molar-refractivity contribution is 5.55. The number of piperidine rings is 3. The fourth-order valence-corrected chi connectivity index (χ4v) is 3.88. The first-order valence-corrected chi connectivity index (χ1v) is 8.67. The summed E-state index contributed by atoms with van der Waals surface area (Å²) >= 11 is 0. The van der Waals surface area contributed by atoms with E-state index in [1.54, 1.807) is 0 Å². The van der Waals surface area contributed by atoms with Crippen molar-refractivity contribution in [1.29, 1.82) is 0 Å². The van der Waals surface area contributed by atoms with Crippen LogP contribution in [-0.4, -0.2) is 30.6 Å². The molecule has 4 rings (SSSR count). The maximum atomic E-state index is 3.89. The van der Waals surface area contributed by atoms with Gasteiger partial charge in [0.05, 0.1) is 0 Å². The Bertz CT molecular complexity index is 484. The molecule has 0 amide bonds. The van der Waals surface area contributed by atoms with E-state index in [1.807, 2.05) is 0 Å². The standard InChI is InChI=1S/C19H30N2/c1-13(2)16-5-6-18(17(11-16)14(3)4)20-19-12-21-9-7-15(19)8-10-21/h5-6,11,13-15,19-20H,7-10,12H2,1-4H3. The summed E-state index contributed by atoms with van der Waals surface area (Å²) in [6.07, 6.45) is 2.75. The molecule has 2 bridgehead atoms. The molecule has 0 radical (unpaired) electrons. The molecule has 0 aromatic heterocycles. The smallest absolute Gasteiger partial charge is 0.0417 e. The van der Waals surface area contributed by atoms with Crippen LogP contribution in [0.1, 0.15) is 63.5 Å². The predicted molar refractivity (Wildman–Crippen MR) is 91.2 cm³/mol. The number of hydrogen-bond acceptors (Lipinski definition) is 2. The van der Waals surface area contributed by atoms with Crippen LogP contribution in [0, 0.1) is 5.92 Å². The van der Waals surface area contributed by atoms with Crippen LogP contribution >= 0.6 is 0 Å². The van der Waals surface area contributed by atoms with Gasteiger partial charge < -0.3 is 10.2 Å². The summed E-state index contributed by atoms with van der Waals surface area (Å²) in [5.41, 5.74) is 4.31. The van der Waals surface area contributed by atoms with Gasteiger partial charge in [-0.15, -0.1) is 0 Å². The number of anilines is 1. The van der Waals surface area contributed by atoms with Crippen molar-refractivity contribution in [3.63, 3.8) is 0 Å². The number of nitrogens with one attached hydrogen (secondary N) is 1. The summed E-state index contributed by atoms with van der Waals surface area (Å²) < 4.78 is 0. The lowest BCUT2D eigenvalue weighted by molar-refractivity contribution is 0.0975. The predicted octanol–water partition coefficient (Wildman–Crippen LogP) is 4.44. The van der Waals surface area contributed by atoms with Gasteiger partial charge in [0.1, 0.15) is 0 Å². The van der Waals surface area contributed by atoms with Gasteiger partial charge in [0, 0.05) is 18.3 Å². The topological polar surface area (TPSA) is 15.3 Å². The molecule has 2 nitrogen and oxygen atoms in total. The molecule has 21 heavy (non-hydrogen) atoms. The van der Waals surface area contributed by atoms with Gasteiger partial charge in [-0.1, -0.05) is 39.8 Å². The van der Waals surface area contributed by atoms with E-state index in [9.17, 15) is 0 Å². The third kappa shape index (κ3) is 3.11. The van der Waals surface area contributed by atoms with E-state index in [2.05, 4.69) is 56.1 Å². The Hall–Kier alpha value is -1.02. The summed E-state index contributed by atoms with van der Waals surface area (Å²) in [6, 6.07) is 7.69. The van der Waals surface area contributed by atoms with Crippen molar-refractivity contribution in [2.24, 2.45) is 5.92 Å². The second kappa shape index (κ2) is 6.00. The number of hydrogen-bond donors (Lipinski definition) is 1. The van der Waals surface area contributed by atoms with Crippen LogP contribution < -0.4 is 5.32 Å². The highest BCUT2D eigenvalue weighted by Gasteiger charge is 2.34. The molecule has 1 unspecified atom stereocenters. The maximum absolute atomic E-state index is 3.89. The van der Waals surface area contributed by atoms with Crippen molar-refractivity contribution in [3.8, 4) is 0 Å². The van der Waals surface area contributed by atoms with E-state index in [0.29, 0.717) is 17.9 Å². The number of fused-ring (bicyclic) bond motifs is 3. The molecule has 0 saturated carbocycles. The van der Waals surface area contributed by atoms with Crippen LogP contribution in [0.2, 0.25) is 0 Å². The molecule has 1 aromatic rings. The summed E-state index contributed by atoms with van der Waals surface area (Å²) in [7, 11) is 0. The van der Waals surface area contributed by atoms with Gasteiger partial charge in [0.2, 0.25) is 0 Å². The zero-order chi connectivity index (χ0) is 15.0. The van der Waals surface area contributed by atoms with Gasteiger partial charge in [-0.05, 0) is 60.9 Å². The van der Waals surface area contributed by atoms with Crippen molar-refractivity contribution < 1.29 is 0 Å². The molecular formula is C19H30N2. The Kier molecular flexibility index (Phi) is 4.26. The molecule has 0 spiro atoms. The number of benzene rings is 1. The molecule has 3 saturated heterocycles. The second-order valence-corrected chi connectivity index (χ2v) is 7.54. The van der Waals surface area contributed by atoms with Crippen LogP contribution in [0.25, 0.3) is 0 Å². The first-order valence-electron chi connectivity index (χ1n) is 8.67. The number of rotatable bonds is 4. The Morgan fingerprint density at radius 2 is 1.76 bits per heavy atom. The molecule has 3 aliphatic rings. The first kappa shape index (κ1) is 14.9. The quantitative estimate of drug-likeness (QED) is 0.880. The van der Waals surface area contributed by atoms with Gasteiger partial charge in [-0.3, -0.25) is 0 Å². The van der Waals surface area contributed by atoms with Crippen LogP contribution in [0.15, 0.2) is 18.2 Å². The van der Waals surface area contributed by atoms with Crippen LogP contribution in [-0.2, 0) is 0 Å². The summed E-state index contributed by atoms with van der Waals surface area (Å²) in [6.45, 7) is 13.0. The lowest BCUT2D eigenvalue weighted by Gasteiger charge is -2.45. The van der Waals surface area contributed by atoms with Crippen LogP contribution in [0.3, 0.4) is 0 Å². The van der Waals surface area contributed by atoms with Gasteiger partial charge in [-0.2, -0.15) is 0 Å². The number of nitrogens with zero attached hydrogens (tertiary/aromatic N) is 1. The van der Waals surface area contributed by atoms with Crippen molar-refractivity contribution in [1.82, 2.24) is 4.90 Å². The Morgan fingerprint density at radius 3 is 2.29 bits per heavy atom. The minimum absolute atomic E-state index is 0.576. The van der Waals surface area contributed by atoms with E-state index >= 15 is 0 Å². The Labute approximate surface area is 129 Å². The van der Waals surface area contributed by atoms with Gasteiger partial charge in [-0.25, -0.2) is 0 Å². The molecule has 1 atom stereocenters. The van der Waals surface area contributed by atoms with E-state index < -0.39 is 0 Å². The Balaban J connectivity index is 1.81. The average molecular weight is 286 g/mol. The maximum Gasteiger partial charge on any atom is 0.0417 e. The largest absolute Gasteiger partial charge is 0.381 e. The van der Waals surface area contributed by atoms with Crippen molar-refractivity contribution in [3.05, 3.63) is 29.3 Å². The first-order chi connectivity index (χ1) is 10.0. The highest BCUT2D eigenvalue weighted by atomic mass is 15.2. The molecule has 2 heteroatoms. The van der Waals surface area contributed by atoms with Gasteiger partial charge in [0.25, 0.3) is 0 Å². The SMILES string of the molecule is CC(C)c1ccc(NC2CN3CCC2CC3)c(C(C)C)c1. The molecule has 116 valence electrons. The van der Waals surface area contributed by atoms with Gasteiger partial charge in [0.15, 0.2) is 0 Å². The summed E-state index contributed by atoms with van der Waals surface area (Å²) in [4.78, 5) is 2.62.